The van der Waals surface area contributed by atoms with Gasteiger partial charge in [-0.15, -0.1) is 0 Å². The van der Waals surface area contributed by atoms with Gasteiger partial charge in [0.05, 0.1) is 0 Å². The molecule has 1 rings (SSSR count). The number of ketones is 1. The summed E-state index contributed by atoms with van der Waals surface area (Å²) in [6, 6.07) is 0. The molecule has 1 nitrogen and oxygen atoms in total. The van der Waals surface area contributed by atoms with E-state index < -0.39 is 0 Å². The van der Waals surface area contributed by atoms with Crippen LogP contribution in [-0.4, -0.2) is 5.78 Å². The van der Waals surface area contributed by atoms with E-state index in [1.165, 1.54) is 11.1 Å². The van der Waals surface area contributed by atoms with E-state index in [0.29, 0.717) is 0 Å². The summed E-state index contributed by atoms with van der Waals surface area (Å²) in [7, 11) is 0. The number of allylic oxidation sites excluding steroid dienone is 4. The van der Waals surface area contributed by atoms with Crippen molar-refractivity contribution in [2.75, 3.05) is 0 Å². The number of carbonyl (C=O) groups excluding carboxylic acids is 1. The Labute approximate surface area is 125 Å². The second kappa shape index (κ2) is 4.86. The van der Waals surface area contributed by atoms with E-state index in [9.17, 15) is 4.79 Å². The molecule has 0 bridgehead atoms. The van der Waals surface area contributed by atoms with Crippen LogP contribution >= 0.6 is 0 Å². The molecule has 0 unspecified atom stereocenters. The number of hydrogen-bond donors (Lipinski definition) is 0. The number of carbonyl (C=O) groups is 1. The average molecular weight is 276 g/mol. The summed E-state index contributed by atoms with van der Waals surface area (Å²) in [6.07, 6.45) is 0.824. The Morgan fingerprint density at radius 2 is 1.00 bits per heavy atom. The molecule has 0 aliphatic heterocycles. The zero-order chi connectivity index (χ0) is 16.1. The van der Waals surface area contributed by atoms with Gasteiger partial charge in [-0.05, 0) is 33.8 Å². The topological polar surface area (TPSA) is 17.1 Å². The van der Waals surface area contributed by atoms with Gasteiger partial charge < -0.3 is 0 Å². The van der Waals surface area contributed by atoms with Gasteiger partial charge in [0.25, 0.3) is 0 Å². The van der Waals surface area contributed by atoms with Gasteiger partial charge in [0.1, 0.15) is 0 Å². The fraction of sp³-hybridized carbons (Fsp3) is 0.737. The van der Waals surface area contributed by atoms with Gasteiger partial charge in [0.2, 0.25) is 0 Å². The molecule has 1 heteroatoms. The van der Waals surface area contributed by atoms with E-state index in [1.54, 1.807) is 0 Å². The second-order valence-electron chi connectivity index (χ2n) is 9.04. The van der Waals surface area contributed by atoms with E-state index in [1.807, 2.05) is 0 Å². The van der Waals surface area contributed by atoms with Crippen LogP contribution < -0.4 is 0 Å². The highest BCUT2D eigenvalue weighted by atomic mass is 16.1. The van der Waals surface area contributed by atoms with Gasteiger partial charge in [-0.1, -0.05) is 69.2 Å². The SMILES string of the molecule is CCC1=C(C(C)(C)C)C(C(C)(C)C)=C(C(C)(C)C)C1=O. The molecule has 1 aliphatic carbocycles. The number of hydrogen-bond acceptors (Lipinski definition) is 1. The van der Waals surface area contributed by atoms with Crippen LogP contribution in [0, 0.1) is 16.2 Å². The Hall–Kier alpha value is -0.850. The second-order valence-corrected chi connectivity index (χ2v) is 9.04. The number of Topliss-reactive ketones (excluding diaryl/α,β-unsaturated/α-hetero) is 1. The minimum atomic E-state index is -0.104. The third-order valence-corrected chi connectivity index (χ3v) is 3.91. The lowest BCUT2D eigenvalue weighted by molar-refractivity contribution is -0.113. The standard InChI is InChI=1S/C19H32O/c1-11-12-13(17(2,3)4)14(18(5,6)7)15(16(12)20)19(8,9)10/h11H2,1-10H3. The monoisotopic (exact) mass is 276 g/mol. The minimum Gasteiger partial charge on any atom is -0.289 e. The fourth-order valence-electron chi connectivity index (χ4n) is 3.28. The van der Waals surface area contributed by atoms with Crippen LogP contribution in [0.1, 0.15) is 75.7 Å². The lowest BCUT2D eigenvalue weighted by Crippen LogP contribution is -2.24. The molecule has 0 fully saturated rings. The van der Waals surface area contributed by atoms with Gasteiger partial charge in [-0.3, -0.25) is 4.79 Å². The molecule has 0 amide bonds. The number of rotatable bonds is 1. The van der Waals surface area contributed by atoms with Crippen molar-refractivity contribution in [1.82, 2.24) is 0 Å². The molecule has 1 aliphatic rings. The Morgan fingerprint density at radius 1 is 0.650 bits per heavy atom. The van der Waals surface area contributed by atoms with Crippen molar-refractivity contribution in [3.63, 3.8) is 0 Å². The average Bonchev–Trinajstić information content (AvgIpc) is 2.48. The maximum absolute atomic E-state index is 13.0. The fourth-order valence-corrected chi connectivity index (χ4v) is 3.28. The van der Waals surface area contributed by atoms with Crippen LogP contribution in [0.4, 0.5) is 0 Å². The van der Waals surface area contributed by atoms with Crippen LogP contribution in [0.3, 0.4) is 0 Å². The molecule has 0 N–H and O–H groups in total. The van der Waals surface area contributed by atoms with E-state index >= 15 is 0 Å². The van der Waals surface area contributed by atoms with Crippen LogP contribution in [0.25, 0.3) is 0 Å². The largest absolute Gasteiger partial charge is 0.289 e. The molecule has 20 heavy (non-hydrogen) atoms. The Morgan fingerprint density at radius 3 is 1.25 bits per heavy atom. The lowest BCUT2D eigenvalue weighted by atomic mass is 9.69. The summed E-state index contributed by atoms with van der Waals surface area (Å²) in [6.45, 7) is 21.9. The van der Waals surface area contributed by atoms with Crippen LogP contribution in [0.2, 0.25) is 0 Å². The van der Waals surface area contributed by atoms with Crippen LogP contribution in [-0.2, 0) is 4.79 Å². The highest BCUT2D eigenvalue weighted by Gasteiger charge is 2.44. The minimum absolute atomic E-state index is 0.00218. The van der Waals surface area contributed by atoms with Crippen molar-refractivity contribution < 1.29 is 4.79 Å². The summed E-state index contributed by atoms with van der Waals surface area (Å²) < 4.78 is 0. The van der Waals surface area contributed by atoms with Gasteiger partial charge in [0.15, 0.2) is 5.78 Å². The Balaban J connectivity index is 3.78. The van der Waals surface area contributed by atoms with Gasteiger partial charge in [-0.25, -0.2) is 0 Å². The van der Waals surface area contributed by atoms with Gasteiger partial charge in [0, 0.05) is 11.1 Å². The smallest absolute Gasteiger partial charge is 0.186 e. The van der Waals surface area contributed by atoms with E-state index in [-0.39, 0.29) is 22.0 Å². The zero-order valence-electron chi connectivity index (χ0n) is 15.1. The van der Waals surface area contributed by atoms with Crippen molar-refractivity contribution in [2.24, 2.45) is 16.2 Å². The zero-order valence-corrected chi connectivity index (χ0v) is 15.1. The lowest BCUT2D eigenvalue weighted by Gasteiger charge is -2.34. The molecule has 0 spiro atoms. The summed E-state index contributed by atoms with van der Waals surface area (Å²) in [5.74, 6) is 0.287. The Kier molecular flexibility index (Phi) is 4.18. The van der Waals surface area contributed by atoms with Crippen LogP contribution in [0.15, 0.2) is 22.3 Å². The quantitative estimate of drug-likeness (QED) is 0.599. The Bertz CT molecular complexity index is 479. The first-order valence-electron chi connectivity index (χ1n) is 7.76. The van der Waals surface area contributed by atoms with Crippen molar-refractivity contribution in [3.8, 4) is 0 Å². The molecule has 0 saturated heterocycles. The molecule has 0 aromatic heterocycles. The molecule has 114 valence electrons. The molecular weight excluding hydrogens is 244 g/mol. The first-order chi connectivity index (χ1) is 8.73. The maximum atomic E-state index is 13.0. The van der Waals surface area contributed by atoms with E-state index in [4.69, 9.17) is 0 Å². The molecule has 0 radical (unpaired) electrons. The molecular formula is C19H32O. The van der Waals surface area contributed by atoms with Gasteiger partial charge >= 0.3 is 0 Å². The summed E-state index contributed by atoms with van der Waals surface area (Å²) >= 11 is 0. The summed E-state index contributed by atoms with van der Waals surface area (Å²) in [5, 5.41) is 0. The first kappa shape index (κ1) is 17.2. The maximum Gasteiger partial charge on any atom is 0.186 e. The predicted octanol–water partition coefficient (Wildman–Crippen LogP) is 5.71. The molecule has 0 saturated carbocycles. The van der Waals surface area contributed by atoms with E-state index in [2.05, 4.69) is 69.2 Å². The molecule has 0 aromatic carbocycles. The molecule has 0 atom stereocenters. The first-order valence-corrected chi connectivity index (χ1v) is 7.76. The van der Waals surface area contributed by atoms with Crippen molar-refractivity contribution in [2.45, 2.75) is 75.7 Å². The third kappa shape index (κ3) is 2.92. The van der Waals surface area contributed by atoms with Crippen molar-refractivity contribution >= 4 is 5.78 Å². The predicted molar refractivity (Wildman–Crippen MR) is 87.7 cm³/mol. The molecule has 0 heterocycles. The third-order valence-electron chi connectivity index (χ3n) is 3.91. The van der Waals surface area contributed by atoms with Crippen LogP contribution in [0.5, 0.6) is 0 Å². The highest BCUT2D eigenvalue weighted by Crippen LogP contribution is 2.52. The molecule has 0 aromatic rings. The summed E-state index contributed by atoms with van der Waals surface area (Å²) in [4.78, 5) is 13.0. The summed E-state index contributed by atoms with van der Waals surface area (Å²) in [5.41, 5.74) is 4.56. The highest BCUT2D eigenvalue weighted by molar-refractivity contribution is 6.14. The van der Waals surface area contributed by atoms with Crippen molar-refractivity contribution in [3.05, 3.63) is 22.3 Å². The van der Waals surface area contributed by atoms with Crippen molar-refractivity contribution in [1.29, 1.82) is 0 Å². The normalized spacial score (nSPS) is 18.4. The van der Waals surface area contributed by atoms with Gasteiger partial charge in [-0.2, -0.15) is 0 Å². The van der Waals surface area contributed by atoms with E-state index in [0.717, 1.165) is 17.6 Å².